The molecule has 0 N–H and O–H groups in total. The van der Waals surface area contributed by atoms with Gasteiger partial charge in [-0.05, 0) is 60.5 Å². The number of benzene rings is 3. The maximum absolute atomic E-state index is 13.9. The molecule has 0 bridgehead atoms. The topological polar surface area (TPSA) is 62.7 Å². The number of methoxy groups -OCH3 is 1. The molecular weight excluding hydrogens is 458 g/mol. The van der Waals surface area contributed by atoms with E-state index < -0.39 is 9.84 Å². The van der Waals surface area contributed by atoms with Gasteiger partial charge in [0.15, 0.2) is 0 Å². The summed E-state index contributed by atoms with van der Waals surface area (Å²) in [6.07, 6.45) is 2.39. The lowest BCUT2D eigenvalue weighted by Gasteiger charge is -2.38. The van der Waals surface area contributed by atoms with Gasteiger partial charge in [0, 0.05) is 43.4 Å². The van der Waals surface area contributed by atoms with Crippen LogP contribution in [0.5, 0.6) is 5.75 Å². The maximum atomic E-state index is 13.9. The first kappa shape index (κ1) is 23.2. The zero-order chi connectivity index (χ0) is 24.4. The molecule has 0 aliphatic carbocycles. The van der Waals surface area contributed by atoms with Crippen LogP contribution in [-0.4, -0.2) is 46.7 Å². The van der Waals surface area contributed by atoms with Crippen molar-refractivity contribution in [2.24, 2.45) is 0 Å². The summed E-state index contributed by atoms with van der Waals surface area (Å²) < 4.78 is 32.9. The van der Waals surface area contributed by atoms with Crippen molar-refractivity contribution in [3.63, 3.8) is 0 Å². The van der Waals surface area contributed by atoms with E-state index in [2.05, 4.69) is 46.0 Å². The number of ether oxygens (including phenoxy) is 1. The van der Waals surface area contributed by atoms with Gasteiger partial charge in [0.25, 0.3) is 0 Å². The number of aryl methyl sites for hydroxylation is 1. The van der Waals surface area contributed by atoms with Crippen molar-refractivity contribution in [2.45, 2.75) is 23.1 Å². The highest BCUT2D eigenvalue weighted by atomic mass is 32.2. The molecule has 6 nitrogen and oxygen atoms in total. The normalized spacial score (nSPS) is 14.3. The van der Waals surface area contributed by atoms with Gasteiger partial charge in [-0.3, -0.25) is 4.98 Å². The van der Waals surface area contributed by atoms with Crippen LogP contribution in [0.15, 0.2) is 88.8 Å². The molecule has 0 amide bonds. The Hall–Kier alpha value is -3.58. The van der Waals surface area contributed by atoms with E-state index in [1.807, 2.05) is 24.3 Å². The third-order valence-corrected chi connectivity index (χ3v) is 8.43. The number of nitrogens with zero attached hydrogens (tertiary/aromatic N) is 3. The third-order valence-electron chi connectivity index (χ3n) is 6.66. The Bertz CT molecular complexity index is 1430. The monoisotopic (exact) mass is 487 g/mol. The van der Waals surface area contributed by atoms with Gasteiger partial charge in [-0.2, -0.15) is 0 Å². The first-order valence-corrected chi connectivity index (χ1v) is 13.4. The lowest BCUT2D eigenvalue weighted by Crippen LogP contribution is -2.47. The third kappa shape index (κ3) is 4.44. The Kier molecular flexibility index (Phi) is 6.34. The molecule has 0 spiro atoms. The number of pyridine rings is 1. The minimum Gasteiger partial charge on any atom is -0.497 e. The number of rotatable bonds is 6. The number of fused-ring (bicyclic) bond motifs is 1. The number of para-hydroxylation sites is 1. The minimum absolute atomic E-state index is 0.232. The molecule has 0 saturated carbocycles. The first-order chi connectivity index (χ1) is 17.0. The highest BCUT2D eigenvalue weighted by Crippen LogP contribution is 2.37. The van der Waals surface area contributed by atoms with E-state index in [0.29, 0.717) is 5.75 Å². The molecule has 2 heterocycles. The predicted molar refractivity (Wildman–Crippen MR) is 140 cm³/mol. The average Bonchev–Trinajstić information content (AvgIpc) is 2.92. The lowest BCUT2D eigenvalue weighted by atomic mass is 10.1. The zero-order valence-electron chi connectivity index (χ0n) is 20.0. The van der Waals surface area contributed by atoms with Gasteiger partial charge >= 0.3 is 0 Å². The standard InChI is InChI=1S/C28H29N3O3S/c1-3-21-9-14-26-25(19-21)28(31-17-15-30(16-18-31)22-7-5-4-6-8-22)27(20-29-26)35(32,33)24-12-10-23(34-2)11-13-24/h4-14,19-20H,3,15-18H2,1-2H3. The molecule has 5 rings (SSSR count). The van der Waals surface area contributed by atoms with Crippen molar-refractivity contribution in [1.29, 1.82) is 0 Å². The summed E-state index contributed by atoms with van der Waals surface area (Å²) >= 11 is 0. The van der Waals surface area contributed by atoms with Gasteiger partial charge in [0.2, 0.25) is 9.84 Å². The molecule has 1 aromatic heterocycles. The molecule has 1 fully saturated rings. The first-order valence-electron chi connectivity index (χ1n) is 11.9. The lowest BCUT2D eigenvalue weighted by molar-refractivity contribution is 0.414. The van der Waals surface area contributed by atoms with Crippen molar-refractivity contribution in [1.82, 2.24) is 4.98 Å². The van der Waals surface area contributed by atoms with Gasteiger partial charge < -0.3 is 14.5 Å². The van der Waals surface area contributed by atoms with Crippen LogP contribution < -0.4 is 14.5 Å². The van der Waals surface area contributed by atoms with E-state index in [4.69, 9.17) is 4.74 Å². The molecule has 4 aromatic rings. The fourth-order valence-corrected chi connectivity index (χ4v) is 6.09. The van der Waals surface area contributed by atoms with Crippen molar-refractivity contribution in [3.8, 4) is 5.75 Å². The van der Waals surface area contributed by atoms with E-state index >= 15 is 0 Å². The number of hydrogen-bond acceptors (Lipinski definition) is 6. The summed E-state index contributed by atoms with van der Waals surface area (Å²) in [5.74, 6) is 0.616. The van der Waals surface area contributed by atoms with Crippen LogP contribution in [0.4, 0.5) is 11.4 Å². The molecule has 0 radical (unpaired) electrons. The molecule has 0 atom stereocenters. The largest absolute Gasteiger partial charge is 0.497 e. The fourth-order valence-electron chi connectivity index (χ4n) is 4.66. The van der Waals surface area contributed by atoms with Crippen LogP contribution in [0, 0.1) is 0 Å². The predicted octanol–water partition coefficient (Wildman–Crippen LogP) is 4.97. The second-order valence-electron chi connectivity index (χ2n) is 8.66. The molecule has 3 aromatic carbocycles. The van der Waals surface area contributed by atoms with Crippen molar-refractivity contribution in [2.75, 3.05) is 43.1 Å². The average molecular weight is 488 g/mol. The summed E-state index contributed by atoms with van der Waals surface area (Å²) in [7, 11) is -2.23. The van der Waals surface area contributed by atoms with E-state index in [9.17, 15) is 8.42 Å². The van der Waals surface area contributed by atoms with Crippen LogP contribution in [0.25, 0.3) is 10.9 Å². The minimum atomic E-state index is -3.79. The quantitative estimate of drug-likeness (QED) is 0.383. The number of anilines is 2. The van der Waals surface area contributed by atoms with Gasteiger partial charge in [-0.25, -0.2) is 8.42 Å². The smallest absolute Gasteiger partial charge is 0.210 e. The second-order valence-corrected chi connectivity index (χ2v) is 10.6. The highest BCUT2D eigenvalue weighted by molar-refractivity contribution is 7.91. The molecular formula is C28H29N3O3S. The van der Waals surface area contributed by atoms with Crippen molar-refractivity contribution < 1.29 is 13.2 Å². The number of sulfone groups is 1. The molecule has 1 aliphatic rings. The Labute approximate surface area is 206 Å². The highest BCUT2D eigenvalue weighted by Gasteiger charge is 2.29. The van der Waals surface area contributed by atoms with Crippen LogP contribution in [0.1, 0.15) is 12.5 Å². The van der Waals surface area contributed by atoms with E-state index in [-0.39, 0.29) is 9.79 Å². The van der Waals surface area contributed by atoms with E-state index in [1.54, 1.807) is 31.4 Å². The molecule has 35 heavy (non-hydrogen) atoms. The Balaban J connectivity index is 1.60. The summed E-state index contributed by atoms with van der Waals surface area (Å²) in [5.41, 5.74) is 3.89. The summed E-state index contributed by atoms with van der Waals surface area (Å²) in [6, 6.07) is 23.0. The summed E-state index contributed by atoms with van der Waals surface area (Å²) in [6.45, 7) is 5.16. The number of piperazine rings is 1. The molecule has 180 valence electrons. The summed E-state index contributed by atoms with van der Waals surface area (Å²) in [4.78, 5) is 9.59. The van der Waals surface area contributed by atoms with Gasteiger partial charge in [0.05, 0.1) is 23.2 Å². The SMILES string of the molecule is CCc1ccc2ncc(S(=O)(=O)c3ccc(OC)cc3)c(N3CCN(c4ccccc4)CC3)c2c1. The summed E-state index contributed by atoms with van der Waals surface area (Å²) in [5, 5.41) is 0.882. The van der Waals surface area contributed by atoms with E-state index in [1.165, 1.54) is 11.9 Å². The van der Waals surface area contributed by atoms with E-state index in [0.717, 1.165) is 54.8 Å². The number of aromatic nitrogens is 1. The zero-order valence-corrected chi connectivity index (χ0v) is 20.8. The second kappa shape index (κ2) is 9.58. The van der Waals surface area contributed by atoms with Crippen LogP contribution in [0.2, 0.25) is 0 Å². The van der Waals surface area contributed by atoms with Gasteiger partial charge in [-0.1, -0.05) is 31.2 Å². The molecule has 1 aliphatic heterocycles. The van der Waals surface area contributed by atoms with Crippen molar-refractivity contribution >= 4 is 32.1 Å². The Morgan fingerprint density at radius 2 is 1.57 bits per heavy atom. The molecule has 7 heteroatoms. The maximum Gasteiger partial charge on any atom is 0.210 e. The molecule has 0 unspecified atom stereocenters. The molecule has 1 saturated heterocycles. The Morgan fingerprint density at radius 3 is 2.23 bits per heavy atom. The van der Waals surface area contributed by atoms with Crippen LogP contribution >= 0.6 is 0 Å². The van der Waals surface area contributed by atoms with Crippen LogP contribution in [0.3, 0.4) is 0 Å². The Morgan fingerprint density at radius 1 is 0.886 bits per heavy atom. The van der Waals surface area contributed by atoms with Crippen molar-refractivity contribution in [3.05, 3.63) is 84.6 Å². The van der Waals surface area contributed by atoms with Gasteiger partial charge in [-0.15, -0.1) is 0 Å². The number of hydrogen-bond donors (Lipinski definition) is 0. The van der Waals surface area contributed by atoms with Gasteiger partial charge in [0.1, 0.15) is 10.6 Å². The van der Waals surface area contributed by atoms with Crippen LogP contribution in [-0.2, 0) is 16.3 Å². The fraction of sp³-hybridized carbons (Fsp3) is 0.250.